The first-order chi connectivity index (χ1) is 10.1. The van der Waals surface area contributed by atoms with Crippen LogP contribution in [0.5, 0.6) is 0 Å². The molecule has 4 rings (SSSR count). The Morgan fingerprint density at radius 2 is 1.90 bits per heavy atom. The quantitative estimate of drug-likeness (QED) is 0.878. The van der Waals surface area contributed by atoms with Crippen LogP contribution in [0.15, 0.2) is 12.1 Å². The molecule has 0 atom stereocenters. The average molecular weight is 287 g/mol. The lowest BCUT2D eigenvalue weighted by Gasteiger charge is -2.17. The fourth-order valence-corrected chi connectivity index (χ4v) is 3.19. The minimum Gasteiger partial charge on any atom is -0.399 e. The van der Waals surface area contributed by atoms with Crippen LogP contribution in [0.2, 0.25) is 0 Å². The summed E-state index contributed by atoms with van der Waals surface area (Å²) in [6.45, 7) is 1.71. The van der Waals surface area contributed by atoms with Crippen molar-refractivity contribution in [3.05, 3.63) is 23.5 Å². The third kappa shape index (κ3) is 2.18. The molecule has 5 nitrogen and oxygen atoms in total. The van der Waals surface area contributed by atoms with Gasteiger partial charge in [0.1, 0.15) is 5.82 Å². The van der Waals surface area contributed by atoms with E-state index in [1.807, 2.05) is 4.68 Å². The maximum atomic E-state index is 14.5. The second-order valence-corrected chi connectivity index (χ2v) is 6.31. The van der Waals surface area contributed by atoms with Gasteiger partial charge < -0.3 is 5.73 Å². The SMILES string of the molecule is Cc1cc(N)cc(-c2nnnn2C(C2CC2)C2CC2)c1F. The van der Waals surface area contributed by atoms with Gasteiger partial charge >= 0.3 is 0 Å². The summed E-state index contributed by atoms with van der Waals surface area (Å²) >= 11 is 0. The average Bonchev–Trinajstić information content (AvgIpc) is 3.35. The third-order valence-corrected chi connectivity index (χ3v) is 4.50. The molecule has 0 aliphatic heterocycles. The summed E-state index contributed by atoms with van der Waals surface area (Å²) in [5, 5.41) is 12.0. The van der Waals surface area contributed by atoms with Crippen LogP contribution in [0.1, 0.15) is 37.3 Å². The molecule has 2 N–H and O–H groups in total. The number of aromatic nitrogens is 4. The van der Waals surface area contributed by atoms with Crippen molar-refractivity contribution in [2.45, 2.75) is 38.6 Å². The fraction of sp³-hybridized carbons (Fsp3) is 0.533. The van der Waals surface area contributed by atoms with Gasteiger partial charge in [-0.3, -0.25) is 0 Å². The minimum absolute atomic E-state index is 0.286. The van der Waals surface area contributed by atoms with Crippen LogP contribution >= 0.6 is 0 Å². The maximum absolute atomic E-state index is 14.5. The van der Waals surface area contributed by atoms with Crippen LogP contribution in [0.3, 0.4) is 0 Å². The third-order valence-electron chi connectivity index (χ3n) is 4.50. The van der Waals surface area contributed by atoms with Gasteiger partial charge in [-0.2, -0.15) is 0 Å². The summed E-state index contributed by atoms with van der Waals surface area (Å²) in [6, 6.07) is 3.57. The van der Waals surface area contributed by atoms with Crippen molar-refractivity contribution in [1.29, 1.82) is 0 Å². The van der Waals surface area contributed by atoms with Gasteiger partial charge in [0.15, 0.2) is 5.82 Å². The Morgan fingerprint density at radius 3 is 2.52 bits per heavy atom. The number of nitrogens with zero attached hydrogens (tertiary/aromatic N) is 4. The molecule has 2 aromatic rings. The molecule has 0 amide bonds. The number of anilines is 1. The van der Waals surface area contributed by atoms with Crippen molar-refractivity contribution in [3.63, 3.8) is 0 Å². The van der Waals surface area contributed by atoms with E-state index in [9.17, 15) is 4.39 Å². The van der Waals surface area contributed by atoms with Gasteiger partial charge in [-0.1, -0.05) is 0 Å². The summed E-state index contributed by atoms with van der Waals surface area (Å²) < 4.78 is 16.3. The summed E-state index contributed by atoms with van der Waals surface area (Å²) in [6.07, 6.45) is 4.88. The predicted octanol–water partition coefficient (Wildman–Crippen LogP) is 2.73. The van der Waals surface area contributed by atoms with E-state index in [2.05, 4.69) is 15.5 Å². The number of hydrogen-bond acceptors (Lipinski definition) is 4. The van der Waals surface area contributed by atoms with Crippen molar-refractivity contribution in [2.75, 3.05) is 5.73 Å². The number of nitrogen functional groups attached to an aromatic ring is 1. The van der Waals surface area contributed by atoms with Gasteiger partial charge in [0.05, 0.1) is 11.6 Å². The molecule has 0 spiro atoms. The molecule has 1 heterocycles. The minimum atomic E-state index is -0.286. The molecular formula is C15H18FN5. The van der Waals surface area contributed by atoms with Crippen molar-refractivity contribution in [3.8, 4) is 11.4 Å². The molecule has 0 bridgehead atoms. The molecular weight excluding hydrogens is 269 g/mol. The molecule has 1 aromatic heterocycles. The van der Waals surface area contributed by atoms with Gasteiger partial charge in [0.2, 0.25) is 0 Å². The molecule has 2 fully saturated rings. The number of benzene rings is 1. The van der Waals surface area contributed by atoms with Crippen LogP contribution in [0, 0.1) is 24.6 Å². The molecule has 2 aliphatic carbocycles. The van der Waals surface area contributed by atoms with Crippen LogP contribution in [-0.2, 0) is 0 Å². The first-order valence-electron chi connectivity index (χ1n) is 7.49. The fourth-order valence-electron chi connectivity index (χ4n) is 3.19. The van der Waals surface area contributed by atoms with Gasteiger partial charge in [-0.25, -0.2) is 9.07 Å². The Labute approximate surface area is 122 Å². The summed E-state index contributed by atoms with van der Waals surface area (Å²) in [7, 11) is 0. The highest BCUT2D eigenvalue weighted by molar-refractivity contribution is 5.63. The predicted molar refractivity (Wildman–Crippen MR) is 76.8 cm³/mol. The number of hydrogen-bond donors (Lipinski definition) is 1. The highest BCUT2D eigenvalue weighted by atomic mass is 19.1. The van der Waals surface area contributed by atoms with Crippen LogP contribution < -0.4 is 5.73 Å². The number of aryl methyl sites for hydroxylation is 1. The van der Waals surface area contributed by atoms with Gasteiger partial charge in [0.25, 0.3) is 0 Å². The van der Waals surface area contributed by atoms with Gasteiger partial charge in [-0.15, -0.1) is 5.10 Å². The van der Waals surface area contributed by atoms with E-state index in [0.29, 0.717) is 40.5 Å². The molecule has 1 aromatic carbocycles. The largest absolute Gasteiger partial charge is 0.399 e. The topological polar surface area (TPSA) is 69.6 Å². The molecule has 110 valence electrons. The van der Waals surface area contributed by atoms with E-state index in [0.717, 1.165) is 0 Å². The Kier molecular flexibility index (Phi) is 2.74. The lowest BCUT2D eigenvalue weighted by Crippen LogP contribution is -2.17. The van der Waals surface area contributed by atoms with E-state index < -0.39 is 0 Å². The standard InChI is InChI=1S/C15H18FN5/c1-8-6-11(17)7-12(13(8)16)15-18-19-20-21(15)14(9-2-3-9)10-4-5-10/h6-7,9-10,14H,2-5,17H2,1H3. The summed E-state index contributed by atoms with van der Waals surface area (Å²) in [4.78, 5) is 0. The molecule has 0 unspecified atom stereocenters. The van der Waals surface area contributed by atoms with Crippen LogP contribution in [0.25, 0.3) is 11.4 Å². The van der Waals surface area contributed by atoms with Crippen molar-refractivity contribution in [1.82, 2.24) is 20.2 Å². The summed E-state index contributed by atoms with van der Waals surface area (Å²) in [5.74, 6) is 1.51. The molecule has 6 heteroatoms. The molecule has 0 radical (unpaired) electrons. The number of rotatable bonds is 4. The molecule has 2 aliphatic rings. The van der Waals surface area contributed by atoms with E-state index in [1.54, 1.807) is 19.1 Å². The lowest BCUT2D eigenvalue weighted by molar-refractivity contribution is 0.356. The van der Waals surface area contributed by atoms with Crippen LogP contribution in [0.4, 0.5) is 10.1 Å². The zero-order valence-electron chi connectivity index (χ0n) is 12.0. The Bertz CT molecular complexity index is 675. The van der Waals surface area contributed by atoms with Crippen molar-refractivity contribution >= 4 is 5.69 Å². The molecule has 2 saturated carbocycles. The number of halogens is 1. The smallest absolute Gasteiger partial charge is 0.185 e. The first kappa shape index (κ1) is 12.7. The Morgan fingerprint density at radius 1 is 1.24 bits per heavy atom. The highest BCUT2D eigenvalue weighted by Gasteiger charge is 2.44. The lowest BCUT2D eigenvalue weighted by atomic mass is 10.1. The zero-order chi connectivity index (χ0) is 14.6. The van der Waals surface area contributed by atoms with Crippen molar-refractivity contribution < 1.29 is 4.39 Å². The molecule has 0 saturated heterocycles. The zero-order valence-corrected chi connectivity index (χ0v) is 12.0. The normalized spacial score (nSPS) is 18.4. The maximum Gasteiger partial charge on any atom is 0.185 e. The first-order valence-corrected chi connectivity index (χ1v) is 7.49. The highest BCUT2D eigenvalue weighted by Crippen LogP contribution is 2.52. The summed E-state index contributed by atoms with van der Waals surface area (Å²) in [5.41, 5.74) is 7.32. The van der Waals surface area contributed by atoms with E-state index in [4.69, 9.17) is 5.73 Å². The number of nitrogens with two attached hydrogens (primary N) is 1. The van der Waals surface area contributed by atoms with Gasteiger partial charge in [-0.05, 0) is 72.6 Å². The van der Waals surface area contributed by atoms with E-state index >= 15 is 0 Å². The Balaban J connectivity index is 1.81. The van der Waals surface area contributed by atoms with Crippen molar-refractivity contribution in [2.24, 2.45) is 11.8 Å². The second kappa shape index (κ2) is 4.51. The number of tetrazole rings is 1. The van der Waals surface area contributed by atoms with E-state index in [1.165, 1.54) is 25.7 Å². The van der Waals surface area contributed by atoms with Gasteiger partial charge in [0, 0.05) is 5.69 Å². The second-order valence-electron chi connectivity index (χ2n) is 6.31. The molecule has 21 heavy (non-hydrogen) atoms. The van der Waals surface area contributed by atoms with Crippen LogP contribution in [-0.4, -0.2) is 20.2 Å². The van der Waals surface area contributed by atoms with E-state index in [-0.39, 0.29) is 5.82 Å². The monoisotopic (exact) mass is 287 g/mol. The Hall–Kier alpha value is -1.98.